The van der Waals surface area contributed by atoms with Gasteiger partial charge in [-0.2, -0.15) is 0 Å². The second-order valence-corrected chi connectivity index (χ2v) is 14.3. The van der Waals surface area contributed by atoms with Crippen molar-refractivity contribution in [3.8, 4) is 22.3 Å². The van der Waals surface area contributed by atoms with Gasteiger partial charge in [-0.25, -0.2) is 0 Å². The van der Waals surface area contributed by atoms with Gasteiger partial charge in [0, 0.05) is 16.9 Å². The lowest BCUT2D eigenvalue weighted by Crippen LogP contribution is -2.41. The molecule has 0 amide bonds. The van der Waals surface area contributed by atoms with Crippen molar-refractivity contribution in [3.05, 3.63) is 245 Å². The Morgan fingerprint density at radius 3 is 1.78 bits per heavy atom. The molecule has 0 bridgehead atoms. The number of hydrogen-bond acceptors (Lipinski definition) is 2. The number of hydrogen-bond donors (Lipinski definition) is 1. The van der Waals surface area contributed by atoms with Gasteiger partial charge >= 0.3 is 0 Å². The van der Waals surface area contributed by atoms with Gasteiger partial charge in [0.2, 0.25) is 0 Å². The molecule has 0 saturated carbocycles. The monoisotopic (exact) mass is 690 g/mol. The van der Waals surface area contributed by atoms with E-state index in [1.807, 2.05) is 12.1 Å². The van der Waals surface area contributed by atoms with Gasteiger partial charge in [0.1, 0.15) is 0 Å². The Hall–Kier alpha value is -6.77. The molecule has 1 unspecified atom stereocenters. The van der Waals surface area contributed by atoms with Gasteiger partial charge in [0.15, 0.2) is 0 Å². The average Bonchev–Trinajstić information content (AvgIpc) is 3.54. The number of fused-ring (bicyclic) bond motifs is 9. The van der Waals surface area contributed by atoms with Crippen LogP contribution in [0.5, 0.6) is 0 Å². The number of nitrogens with one attached hydrogen (secondary N) is 1. The molecule has 1 spiro atoms. The van der Waals surface area contributed by atoms with Crippen molar-refractivity contribution in [2.24, 2.45) is 0 Å². The van der Waals surface area contributed by atoms with Gasteiger partial charge in [0.05, 0.1) is 17.2 Å². The van der Waals surface area contributed by atoms with E-state index in [0.717, 1.165) is 34.2 Å². The third-order valence-corrected chi connectivity index (χ3v) is 11.4. The molecule has 1 heterocycles. The Labute approximate surface area is 317 Å². The van der Waals surface area contributed by atoms with Crippen molar-refractivity contribution in [3.63, 3.8) is 0 Å². The van der Waals surface area contributed by atoms with Crippen molar-refractivity contribution in [1.29, 1.82) is 5.41 Å². The fraction of sp³-hybridized carbons (Fsp3) is 0.0577. The first kappa shape index (κ1) is 31.9. The van der Waals surface area contributed by atoms with Crippen LogP contribution in [-0.2, 0) is 5.41 Å². The molecule has 2 aliphatic carbocycles. The highest BCUT2D eigenvalue weighted by molar-refractivity contribution is 6.17. The van der Waals surface area contributed by atoms with E-state index in [4.69, 9.17) is 0 Å². The fourth-order valence-electron chi connectivity index (χ4n) is 9.18. The van der Waals surface area contributed by atoms with Gasteiger partial charge in [0.25, 0.3) is 0 Å². The molecular formula is C52H38N2. The van der Waals surface area contributed by atoms with Crippen molar-refractivity contribution in [1.82, 2.24) is 0 Å². The second kappa shape index (κ2) is 13.0. The van der Waals surface area contributed by atoms with Crippen molar-refractivity contribution >= 4 is 22.7 Å². The van der Waals surface area contributed by atoms with Gasteiger partial charge in [-0.05, 0) is 91.9 Å². The zero-order chi connectivity index (χ0) is 36.1. The largest absolute Gasteiger partial charge is 0.334 e. The Kier molecular flexibility index (Phi) is 7.70. The Morgan fingerprint density at radius 2 is 1.15 bits per heavy atom. The lowest BCUT2D eigenvalue weighted by Gasteiger charge is -2.47. The van der Waals surface area contributed by atoms with E-state index < -0.39 is 5.41 Å². The molecule has 54 heavy (non-hydrogen) atoms. The summed E-state index contributed by atoms with van der Waals surface area (Å²) < 4.78 is 0. The van der Waals surface area contributed by atoms with Gasteiger partial charge in [-0.3, -0.25) is 0 Å². The highest BCUT2D eigenvalue weighted by Crippen LogP contribution is 2.63. The number of benzene rings is 7. The molecule has 1 N–H and O–H groups in total. The Balaban J connectivity index is 1.26. The fourth-order valence-corrected chi connectivity index (χ4v) is 9.18. The summed E-state index contributed by atoms with van der Waals surface area (Å²) in [5, 5.41) is 9.95. The molecule has 3 aliphatic rings. The van der Waals surface area contributed by atoms with Crippen LogP contribution >= 0.6 is 0 Å². The molecule has 0 radical (unpaired) electrons. The molecule has 10 rings (SSSR count). The number of allylic oxidation sites excluding steroid dienone is 3. The van der Waals surface area contributed by atoms with E-state index in [9.17, 15) is 5.41 Å². The summed E-state index contributed by atoms with van der Waals surface area (Å²) in [6, 6.07) is 63.5. The number of anilines is 2. The molecule has 1 atom stereocenters. The van der Waals surface area contributed by atoms with Crippen LogP contribution < -0.4 is 4.90 Å². The first-order valence-electron chi connectivity index (χ1n) is 18.8. The molecule has 0 aromatic heterocycles. The first-order valence-corrected chi connectivity index (χ1v) is 18.8. The van der Waals surface area contributed by atoms with Crippen molar-refractivity contribution in [2.75, 3.05) is 4.90 Å². The summed E-state index contributed by atoms with van der Waals surface area (Å²) in [6.07, 6.45) is 11.9. The summed E-state index contributed by atoms with van der Waals surface area (Å²) in [5.41, 5.74) is 16.2. The SMILES string of the molecule is N=C(C=C(c1ccccc1)c1ccccc1)c1cccc2c1-c1cc(-c3ccccc3)ccc1C21c2ccccc2N(C2C=CC=CC2)c2ccccc21. The lowest BCUT2D eigenvalue weighted by molar-refractivity contribution is 0.700. The molecule has 256 valence electrons. The van der Waals surface area contributed by atoms with E-state index in [1.165, 1.54) is 50.3 Å². The smallest absolute Gasteiger partial charge is 0.0754 e. The van der Waals surface area contributed by atoms with Crippen LogP contribution in [0.1, 0.15) is 45.4 Å². The Bertz CT molecular complexity index is 2560. The van der Waals surface area contributed by atoms with E-state index in [1.54, 1.807) is 0 Å². The highest BCUT2D eigenvalue weighted by Gasteiger charge is 2.52. The van der Waals surface area contributed by atoms with Crippen LogP contribution in [0.25, 0.3) is 27.8 Å². The van der Waals surface area contributed by atoms with Crippen LogP contribution in [0.2, 0.25) is 0 Å². The predicted molar refractivity (Wildman–Crippen MR) is 225 cm³/mol. The summed E-state index contributed by atoms with van der Waals surface area (Å²) in [5.74, 6) is 0. The molecule has 7 aromatic carbocycles. The van der Waals surface area contributed by atoms with E-state index in [0.29, 0.717) is 5.71 Å². The molecule has 1 aliphatic heterocycles. The predicted octanol–water partition coefficient (Wildman–Crippen LogP) is 12.6. The Morgan fingerprint density at radius 1 is 0.556 bits per heavy atom. The number of rotatable bonds is 6. The molecule has 0 saturated heterocycles. The maximum Gasteiger partial charge on any atom is 0.0754 e. The molecular weight excluding hydrogens is 653 g/mol. The van der Waals surface area contributed by atoms with Crippen LogP contribution in [0.4, 0.5) is 11.4 Å². The third-order valence-electron chi connectivity index (χ3n) is 11.4. The first-order chi connectivity index (χ1) is 26.7. The van der Waals surface area contributed by atoms with Crippen molar-refractivity contribution < 1.29 is 0 Å². The van der Waals surface area contributed by atoms with Gasteiger partial charge in [-0.1, -0.05) is 182 Å². The van der Waals surface area contributed by atoms with Gasteiger partial charge in [-0.15, -0.1) is 0 Å². The van der Waals surface area contributed by atoms with Crippen molar-refractivity contribution in [2.45, 2.75) is 17.9 Å². The van der Waals surface area contributed by atoms with E-state index in [2.05, 4.69) is 199 Å². The summed E-state index contributed by atoms with van der Waals surface area (Å²) in [7, 11) is 0. The number of nitrogens with zero attached hydrogens (tertiary/aromatic N) is 1. The van der Waals surface area contributed by atoms with Crippen LogP contribution in [-0.4, -0.2) is 11.8 Å². The average molecular weight is 691 g/mol. The minimum absolute atomic E-state index is 0.203. The highest BCUT2D eigenvalue weighted by atomic mass is 15.2. The molecule has 2 heteroatoms. The van der Waals surface area contributed by atoms with Gasteiger partial charge < -0.3 is 10.3 Å². The summed E-state index contributed by atoms with van der Waals surface area (Å²) in [6.45, 7) is 0. The maximum atomic E-state index is 9.95. The van der Waals surface area contributed by atoms with Crippen LogP contribution in [0, 0.1) is 5.41 Å². The topological polar surface area (TPSA) is 27.1 Å². The number of para-hydroxylation sites is 2. The normalized spacial score (nSPS) is 15.6. The standard InChI is InChI=1S/C52H38N2/c53-48(35-42(37-20-7-2-8-21-37)38-22-9-3-10-23-38)41-26-17-29-47-51(41)43-34-39(36-18-5-1-6-19-36)32-33-44(43)52(47)45-27-13-15-30-49(45)54(40-24-11-4-12-25-40)50-31-16-14-28-46(50)52/h1-24,26-35,40,53H,25H2. The van der Waals surface area contributed by atoms with Crippen LogP contribution in [0.3, 0.4) is 0 Å². The molecule has 2 nitrogen and oxygen atoms in total. The van der Waals surface area contributed by atoms with E-state index >= 15 is 0 Å². The minimum atomic E-state index is -0.584. The molecule has 0 fully saturated rings. The molecule has 7 aromatic rings. The van der Waals surface area contributed by atoms with Crippen LogP contribution in [0.15, 0.2) is 206 Å². The summed E-state index contributed by atoms with van der Waals surface area (Å²) >= 11 is 0. The lowest BCUT2D eigenvalue weighted by atomic mass is 9.64. The summed E-state index contributed by atoms with van der Waals surface area (Å²) in [4.78, 5) is 2.55. The second-order valence-electron chi connectivity index (χ2n) is 14.3. The minimum Gasteiger partial charge on any atom is -0.334 e. The van der Waals surface area contributed by atoms with E-state index in [-0.39, 0.29) is 6.04 Å². The third kappa shape index (κ3) is 4.91. The quantitative estimate of drug-likeness (QED) is 0.173. The zero-order valence-corrected chi connectivity index (χ0v) is 29.9. The zero-order valence-electron chi connectivity index (χ0n) is 29.9. The maximum absolute atomic E-state index is 9.95.